The van der Waals surface area contributed by atoms with Gasteiger partial charge < -0.3 is 4.74 Å². The van der Waals surface area contributed by atoms with Gasteiger partial charge in [0.25, 0.3) is 6.01 Å². The molecule has 0 amide bonds. The van der Waals surface area contributed by atoms with E-state index >= 15 is 0 Å². The molecule has 22 heavy (non-hydrogen) atoms. The van der Waals surface area contributed by atoms with Crippen molar-refractivity contribution in [1.29, 1.82) is 0 Å². The molecule has 0 N–H and O–H groups in total. The molecule has 2 aromatic heterocycles. The summed E-state index contributed by atoms with van der Waals surface area (Å²) < 4.78 is 7.87. The quantitative estimate of drug-likeness (QED) is 0.422. The summed E-state index contributed by atoms with van der Waals surface area (Å²) in [6, 6.07) is 17.6. The predicted molar refractivity (Wildman–Crippen MR) is 82.6 cm³/mol. The zero-order chi connectivity index (χ0) is 14.4. The van der Waals surface area contributed by atoms with Gasteiger partial charge in [0, 0.05) is 20.1 Å². The number of rotatable bonds is 2. The Balaban J connectivity index is 0.00000144. The second-order valence-corrected chi connectivity index (χ2v) is 5.25. The minimum absolute atomic E-state index is 0. The van der Waals surface area contributed by atoms with Crippen molar-refractivity contribution >= 4 is 27.6 Å². The molecule has 0 bridgehead atoms. The van der Waals surface area contributed by atoms with E-state index in [1.807, 2.05) is 60.7 Å². The van der Waals surface area contributed by atoms with Gasteiger partial charge in [0.15, 0.2) is 0 Å². The fraction of sp³-hybridized carbons (Fsp3) is 0.176. The van der Waals surface area contributed by atoms with Crippen LogP contribution in [0.25, 0.3) is 27.6 Å². The van der Waals surface area contributed by atoms with E-state index in [0.29, 0.717) is 6.01 Å². The monoisotopic (exact) mass is 469 g/mol. The summed E-state index contributed by atoms with van der Waals surface area (Å²) in [7, 11) is 0. The maximum Gasteiger partial charge on any atom is 0.285 e. The molecule has 2 aromatic carbocycles. The van der Waals surface area contributed by atoms with Crippen molar-refractivity contribution in [3.05, 3.63) is 48.5 Å². The van der Waals surface area contributed by atoms with Gasteiger partial charge in [-0.2, -0.15) is 0 Å². The first-order chi connectivity index (χ1) is 10.2. The molecule has 4 rings (SSSR count). The Hall–Kier alpha value is -1.97. The van der Waals surface area contributed by atoms with Gasteiger partial charge in [-0.05, 0) is 31.5 Å². The van der Waals surface area contributed by atoms with Crippen LogP contribution < -0.4 is 4.74 Å². The zero-order valence-corrected chi connectivity index (χ0v) is 14.6. The van der Waals surface area contributed by atoms with Crippen LogP contribution in [0.5, 0.6) is 6.01 Å². The molecule has 0 unspecified atom stereocenters. The van der Waals surface area contributed by atoms with Crippen LogP contribution >= 0.6 is 0 Å². The van der Waals surface area contributed by atoms with Crippen molar-refractivity contribution in [2.75, 3.05) is 0 Å². The molecular formula is C17H14IrN3O-. The number of hydrogen-bond donors (Lipinski definition) is 0. The standard InChI is InChI=1S/C17H14N3O.Ir/c1-11(2)21-17-19-13-8-4-3-7-12(13)16-18-14-9-5-6-10-15(14)20(16)17;/h3-6,8-11H,1-2H3;/q-1;. The van der Waals surface area contributed by atoms with Crippen molar-refractivity contribution in [3.8, 4) is 6.01 Å². The second kappa shape index (κ2) is 5.67. The third-order valence-electron chi connectivity index (χ3n) is 3.37. The molecule has 2 heterocycles. The van der Waals surface area contributed by atoms with Crippen molar-refractivity contribution in [3.63, 3.8) is 0 Å². The average Bonchev–Trinajstić information content (AvgIpc) is 2.86. The van der Waals surface area contributed by atoms with Gasteiger partial charge in [-0.15, -0.1) is 24.3 Å². The predicted octanol–water partition coefficient (Wildman–Crippen LogP) is 3.62. The van der Waals surface area contributed by atoms with Crippen molar-refractivity contribution in [2.24, 2.45) is 0 Å². The molecule has 4 aromatic rings. The second-order valence-electron chi connectivity index (χ2n) is 5.25. The normalized spacial score (nSPS) is 11.2. The third kappa shape index (κ3) is 2.27. The largest absolute Gasteiger partial charge is 0.463 e. The van der Waals surface area contributed by atoms with Gasteiger partial charge in [-0.1, -0.05) is 17.5 Å². The van der Waals surface area contributed by atoms with Crippen molar-refractivity contribution < 1.29 is 24.8 Å². The summed E-state index contributed by atoms with van der Waals surface area (Å²) in [6.45, 7) is 3.99. The molecule has 0 saturated carbocycles. The van der Waals surface area contributed by atoms with Crippen LogP contribution in [0.15, 0.2) is 42.5 Å². The van der Waals surface area contributed by atoms with Crippen LogP contribution in [0.4, 0.5) is 0 Å². The molecule has 0 fully saturated rings. The summed E-state index contributed by atoms with van der Waals surface area (Å²) in [5.41, 5.74) is 3.60. The summed E-state index contributed by atoms with van der Waals surface area (Å²) >= 11 is 0. The van der Waals surface area contributed by atoms with Crippen LogP contribution in [0.1, 0.15) is 13.8 Å². The van der Waals surface area contributed by atoms with E-state index in [9.17, 15) is 0 Å². The van der Waals surface area contributed by atoms with Crippen molar-refractivity contribution in [1.82, 2.24) is 14.4 Å². The Morgan fingerprint density at radius 2 is 1.82 bits per heavy atom. The molecule has 5 heteroatoms. The summed E-state index contributed by atoms with van der Waals surface area (Å²) in [5.74, 6) is 0. The molecule has 1 radical (unpaired) electrons. The zero-order valence-electron chi connectivity index (χ0n) is 12.2. The first-order valence-electron chi connectivity index (χ1n) is 6.98. The van der Waals surface area contributed by atoms with Crippen LogP contribution in [0, 0.1) is 6.07 Å². The minimum Gasteiger partial charge on any atom is -0.463 e. The van der Waals surface area contributed by atoms with E-state index < -0.39 is 0 Å². The van der Waals surface area contributed by atoms with E-state index in [1.54, 1.807) is 0 Å². The SMILES string of the molecule is CC(C)Oc1nc2ccc[c-]c2c2nc3ccccc3n12.[Ir]. The van der Waals surface area contributed by atoms with Gasteiger partial charge in [0.05, 0.1) is 22.8 Å². The molecule has 0 saturated heterocycles. The fourth-order valence-electron chi connectivity index (χ4n) is 2.53. The molecule has 0 aliphatic carbocycles. The summed E-state index contributed by atoms with van der Waals surface area (Å²) in [6.07, 6.45) is 0.0482. The van der Waals surface area contributed by atoms with Gasteiger partial charge in [0.1, 0.15) is 0 Å². The molecule has 113 valence electrons. The number of nitrogens with zero attached hydrogens (tertiary/aromatic N) is 3. The van der Waals surface area contributed by atoms with E-state index in [-0.39, 0.29) is 26.2 Å². The molecule has 4 nitrogen and oxygen atoms in total. The van der Waals surface area contributed by atoms with Crippen molar-refractivity contribution in [2.45, 2.75) is 20.0 Å². The number of benzene rings is 2. The van der Waals surface area contributed by atoms with E-state index in [4.69, 9.17) is 9.72 Å². The van der Waals surface area contributed by atoms with E-state index in [1.165, 1.54) is 0 Å². The number of aromatic nitrogens is 3. The Morgan fingerprint density at radius 3 is 2.64 bits per heavy atom. The minimum atomic E-state index is 0. The van der Waals surface area contributed by atoms with Gasteiger partial charge in [-0.3, -0.25) is 9.38 Å². The van der Waals surface area contributed by atoms with Crippen LogP contribution in [-0.4, -0.2) is 20.5 Å². The topological polar surface area (TPSA) is 39.4 Å². The van der Waals surface area contributed by atoms with Crippen LogP contribution in [0.2, 0.25) is 0 Å². The Labute approximate surface area is 141 Å². The number of fused-ring (bicyclic) bond motifs is 5. The van der Waals surface area contributed by atoms with Gasteiger partial charge in [0.2, 0.25) is 0 Å². The van der Waals surface area contributed by atoms with E-state index in [2.05, 4.69) is 11.1 Å². The summed E-state index contributed by atoms with van der Waals surface area (Å²) in [5, 5.41) is 0.907. The number of ether oxygens (including phenoxy) is 1. The molecular weight excluding hydrogens is 454 g/mol. The third-order valence-corrected chi connectivity index (χ3v) is 3.37. The fourth-order valence-corrected chi connectivity index (χ4v) is 2.53. The number of hydrogen-bond acceptors (Lipinski definition) is 3. The first kappa shape index (κ1) is 14.9. The summed E-state index contributed by atoms with van der Waals surface area (Å²) in [4.78, 5) is 9.36. The smallest absolute Gasteiger partial charge is 0.285 e. The Kier molecular flexibility index (Phi) is 3.85. The maximum atomic E-state index is 5.90. The average molecular weight is 469 g/mol. The molecule has 0 atom stereocenters. The Bertz CT molecular complexity index is 962. The first-order valence-corrected chi connectivity index (χ1v) is 6.98. The molecule has 0 aliphatic heterocycles. The Morgan fingerprint density at radius 1 is 1.05 bits per heavy atom. The van der Waals surface area contributed by atoms with E-state index in [0.717, 1.165) is 27.6 Å². The maximum absolute atomic E-state index is 5.90. The number of imidazole rings is 1. The van der Waals surface area contributed by atoms with Crippen LogP contribution in [-0.2, 0) is 20.1 Å². The molecule has 0 aliphatic rings. The molecule has 0 spiro atoms. The van der Waals surface area contributed by atoms with Gasteiger partial charge in [-0.25, -0.2) is 4.98 Å². The van der Waals surface area contributed by atoms with Gasteiger partial charge >= 0.3 is 0 Å². The van der Waals surface area contributed by atoms with Crippen LogP contribution in [0.3, 0.4) is 0 Å². The number of para-hydroxylation sites is 2.